The molecule has 1 saturated heterocycles. The lowest BCUT2D eigenvalue weighted by Gasteiger charge is -2.32. The highest BCUT2D eigenvalue weighted by Crippen LogP contribution is 2.45. The number of hydrogen-bond acceptors (Lipinski definition) is 5. The van der Waals surface area contributed by atoms with Gasteiger partial charge in [-0.3, -0.25) is 4.79 Å². The highest BCUT2D eigenvalue weighted by atomic mass is 32.1. The van der Waals surface area contributed by atoms with Gasteiger partial charge in [-0.1, -0.05) is 6.92 Å². The van der Waals surface area contributed by atoms with Crippen LogP contribution in [0, 0.1) is 5.92 Å². The maximum atomic E-state index is 11.8. The number of anilines is 2. The SMILES string of the molecule is CNC(=O)c1sc(N2CCCC(C)C2)c(OC)c1N. The normalized spacial score (nSPS) is 19.3. The Bertz CT molecular complexity index is 473. The molecule has 0 saturated carbocycles. The summed E-state index contributed by atoms with van der Waals surface area (Å²) in [5, 5.41) is 3.59. The largest absolute Gasteiger partial charge is 0.492 e. The van der Waals surface area contributed by atoms with Crippen LogP contribution >= 0.6 is 11.3 Å². The molecule has 1 fully saturated rings. The third-order valence-electron chi connectivity index (χ3n) is 3.46. The van der Waals surface area contributed by atoms with Gasteiger partial charge < -0.3 is 20.7 Å². The Morgan fingerprint density at radius 3 is 2.89 bits per heavy atom. The molecule has 2 rings (SSSR count). The quantitative estimate of drug-likeness (QED) is 0.889. The predicted molar refractivity (Wildman–Crippen MR) is 79.3 cm³/mol. The van der Waals surface area contributed by atoms with Crippen molar-refractivity contribution in [1.82, 2.24) is 5.32 Å². The number of rotatable bonds is 3. The van der Waals surface area contributed by atoms with E-state index in [9.17, 15) is 4.79 Å². The van der Waals surface area contributed by atoms with Crippen LogP contribution < -0.4 is 20.7 Å². The average molecular weight is 283 g/mol. The van der Waals surface area contributed by atoms with Gasteiger partial charge in [0, 0.05) is 20.1 Å². The maximum Gasteiger partial charge on any atom is 0.263 e. The third-order valence-corrected chi connectivity index (χ3v) is 4.71. The lowest BCUT2D eigenvalue weighted by molar-refractivity contribution is 0.0967. The van der Waals surface area contributed by atoms with Gasteiger partial charge in [0.25, 0.3) is 5.91 Å². The van der Waals surface area contributed by atoms with Crippen LogP contribution in [-0.2, 0) is 0 Å². The molecule has 3 N–H and O–H groups in total. The summed E-state index contributed by atoms with van der Waals surface area (Å²) < 4.78 is 5.40. The zero-order chi connectivity index (χ0) is 14.0. The Labute approximate surface area is 117 Å². The molecule has 1 unspecified atom stereocenters. The molecular weight excluding hydrogens is 262 g/mol. The molecule has 1 aromatic heterocycles. The molecule has 0 bridgehead atoms. The summed E-state index contributed by atoms with van der Waals surface area (Å²) in [5.74, 6) is 1.14. The fraction of sp³-hybridized carbons (Fsp3) is 0.615. The lowest BCUT2D eigenvalue weighted by atomic mass is 10.0. The fourth-order valence-corrected chi connectivity index (χ4v) is 3.65. The molecule has 106 valence electrons. The zero-order valence-electron chi connectivity index (χ0n) is 11.7. The predicted octanol–water partition coefficient (Wildman–Crippen LogP) is 1.93. The Kier molecular flexibility index (Phi) is 4.19. The molecule has 1 aliphatic heterocycles. The Morgan fingerprint density at radius 1 is 1.58 bits per heavy atom. The number of nitrogens with one attached hydrogen (secondary N) is 1. The van der Waals surface area contributed by atoms with E-state index in [-0.39, 0.29) is 5.91 Å². The lowest BCUT2D eigenvalue weighted by Crippen LogP contribution is -2.33. The molecule has 19 heavy (non-hydrogen) atoms. The first kappa shape index (κ1) is 14.0. The van der Waals surface area contributed by atoms with E-state index in [4.69, 9.17) is 10.5 Å². The summed E-state index contributed by atoms with van der Waals surface area (Å²) in [5.41, 5.74) is 6.47. The van der Waals surface area contributed by atoms with Gasteiger partial charge in [-0.05, 0) is 18.8 Å². The monoisotopic (exact) mass is 283 g/mol. The smallest absolute Gasteiger partial charge is 0.263 e. The van der Waals surface area contributed by atoms with Gasteiger partial charge in [0.2, 0.25) is 0 Å². The molecular formula is C13H21N3O2S. The fourth-order valence-electron chi connectivity index (χ4n) is 2.48. The van der Waals surface area contributed by atoms with Gasteiger partial charge in [-0.15, -0.1) is 11.3 Å². The van der Waals surface area contributed by atoms with Crippen molar-refractivity contribution in [1.29, 1.82) is 0 Å². The van der Waals surface area contributed by atoms with E-state index in [0.717, 1.165) is 24.5 Å². The minimum atomic E-state index is -0.155. The molecule has 0 radical (unpaired) electrons. The molecule has 5 nitrogen and oxygen atoms in total. The number of nitrogens with two attached hydrogens (primary N) is 1. The van der Waals surface area contributed by atoms with E-state index in [1.165, 1.54) is 17.8 Å². The molecule has 1 amide bonds. The molecule has 1 atom stereocenters. The maximum absolute atomic E-state index is 11.8. The number of thiophene rings is 1. The van der Waals surface area contributed by atoms with Crippen LogP contribution in [0.25, 0.3) is 0 Å². The summed E-state index contributed by atoms with van der Waals surface area (Å²) in [7, 11) is 3.21. The summed E-state index contributed by atoms with van der Waals surface area (Å²) in [4.78, 5) is 14.6. The summed E-state index contributed by atoms with van der Waals surface area (Å²) in [6, 6.07) is 0. The number of methoxy groups -OCH3 is 1. The van der Waals surface area contributed by atoms with Crippen molar-refractivity contribution in [2.75, 3.05) is 37.9 Å². The van der Waals surface area contributed by atoms with E-state index in [1.54, 1.807) is 14.2 Å². The van der Waals surface area contributed by atoms with Crippen LogP contribution in [0.3, 0.4) is 0 Å². The van der Waals surface area contributed by atoms with Crippen LogP contribution in [0.1, 0.15) is 29.4 Å². The van der Waals surface area contributed by atoms with E-state index < -0.39 is 0 Å². The summed E-state index contributed by atoms with van der Waals surface area (Å²) >= 11 is 1.42. The third kappa shape index (κ3) is 2.63. The van der Waals surface area contributed by atoms with E-state index in [2.05, 4.69) is 17.1 Å². The van der Waals surface area contributed by atoms with Gasteiger partial charge in [0.15, 0.2) is 5.75 Å². The second-order valence-corrected chi connectivity index (χ2v) is 5.95. The Hall–Kier alpha value is -1.43. The average Bonchev–Trinajstić information content (AvgIpc) is 2.75. The van der Waals surface area contributed by atoms with E-state index in [1.807, 2.05) is 0 Å². The van der Waals surface area contributed by atoms with Gasteiger partial charge in [-0.25, -0.2) is 0 Å². The summed E-state index contributed by atoms with van der Waals surface area (Å²) in [6.45, 7) is 4.23. The Morgan fingerprint density at radius 2 is 2.32 bits per heavy atom. The topological polar surface area (TPSA) is 67.6 Å². The Balaban J connectivity index is 2.36. The van der Waals surface area contributed by atoms with Crippen molar-refractivity contribution < 1.29 is 9.53 Å². The number of nitrogens with zero attached hydrogens (tertiary/aromatic N) is 1. The highest BCUT2D eigenvalue weighted by Gasteiger charge is 2.27. The summed E-state index contributed by atoms with van der Waals surface area (Å²) in [6.07, 6.45) is 2.42. The zero-order valence-corrected chi connectivity index (χ0v) is 12.5. The minimum absolute atomic E-state index is 0.155. The van der Waals surface area contributed by atoms with Gasteiger partial charge in [0.05, 0.1) is 7.11 Å². The number of ether oxygens (including phenoxy) is 1. The van der Waals surface area contributed by atoms with Crippen molar-refractivity contribution in [2.45, 2.75) is 19.8 Å². The second-order valence-electron chi connectivity index (χ2n) is 4.96. The first-order valence-electron chi connectivity index (χ1n) is 6.51. The highest BCUT2D eigenvalue weighted by molar-refractivity contribution is 7.19. The first-order valence-corrected chi connectivity index (χ1v) is 7.33. The first-order chi connectivity index (χ1) is 9.08. The number of carbonyl (C=O) groups is 1. The van der Waals surface area contributed by atoms with Crippen LogP contribution in [-0.4, -0.2) is 33.2 Å². The van der Waals surface area contributed by atoms with Crippen molar-refractivity contribution >= 4 is 27.9 Å². The molecule has 1 aliphatic rings. The van der Waals surface area contributed by atoms with Gasteiger partial charge in [-0.2, -0.15) is 0 Å². The van der Waals surface area contributed by atoms with Crippen LogP contribution in [0.4, 0.5) is 10.7 Å². The molecule has 0 spiro atoms. The number of piperidine rings is 1. The van der Waals surface area contributed by atoms with Crippen LogP contribution in [0.15, 0.2) is 0 Å². The molecule has 6 heteroatoms. The van der Waals surface area contributed by atoms with E-state index in [0.29, 0.717) is 22.2 Å². The number of hydrogen-bond donors (Lipinski definition) is 2. The van der Waals surface area contributed by atoms with Gasteiger partial charge >= 0.3 is 0 Å². The number of nitrogen functional groups attached to an aromatic ring is 1. The second kappa shape index (κ2) is 5.69. The van der Waals surface area contributed by atoms with E-state index >= 15 is 0 Å². The van der Waals surface area contributed by atoms with Crippen molar-refractivity contribution in [2.24, 2.45) is 5.92 Å². The molecule has 0 aromatic carbocycles. The van der Waals surface area contributed by atoms with Crippen molar-refractivity contribution in [3.05, 3.63) is 4.88 Å². The van der Waals surface area contributed by atoms with Crippen LogP contribution in [0.2, 0.25) is 0 Å². The van der Waals surface area contributed by atoms with Crippen LogP contribution in [0.5, 0.6) is 5.75 Å². The molecule has 0 aliphatic carbocycles. The number of amides is 1. The van der Waals surface area contributed by atoms with Crippen molar-refractivity contribution in [3.63, 3.8) is 0 Å². The number of carbonyl (C=O) groups excluding carboxylic acids is 1. The van der Waals surface area contributed by atoms with Gasteiger partial charge in [0.1, 0.15) is 15.6 Å². The van der Waals surface area contributed by atoms with Crippen molar-refractivity contribution in [3.8, 4) is 5.75 Å². The minimum Gasteiger partial charge on any atom is -0.492 e. The molecule has 1 aromatic rings. The molecule has 2 heterocycles. The standard InChI is InChI=1S/C13H21N3O2S/c1-8-5-4-6-16(7-8)13-10(18-3)9(14)11(19-13)12(17)15-2/h8H,4-7,14H2,1-3H3,(H,15,17).